The predicted octanol–water partition coefficient (Wildman–Crippen LogP) is 0.830. The Kier molecular flexibility index (Phi) is 5.13. The summed E-state index contributed by atoms with van der Waals surface area (Å²) in [5, 5.41) is 14.6. The number of carbonyl (C=O) groups excluding carboxylic acids is 1. The zero-order valence-corrected chi connectivity index (χ0v) is 15.5. The van der Waals surface area contributed by atoms with Crippen LogP contribution in [0.15, 0.2) is 23.0 Å². The van der Waals surface area contributed by atoms with Gasteiger partial charge in [0.2, 0.25) is 5.76 Å². The predicted molar refractivity (Wildman–Crippen MR) is 96.3 cm³/mol. The molecule has 1 unspecified atom stereocenters. The molecule has 2 aliphatic rings. The number of carbonyl (C=O) groups is 1. The Morgan fingerprint density at radius 2 is 2.00 bits per heavy atom. The molecular formula is C18H25N5O4. The number of ether oxygens (including phenoxy) is 1. The molecule has 0 spiro atoms. The van der Waals surface area contributed by atoms with E-state index in [1.807, 2.05) is 17.8 Å². The van der Waals surface area contributed by atoms with Gasteiger partial charge >= 0.3 is 0 Å². The molecule has 2 fully saturated rings. The van der Waals surface area contributed by atoms with E-state index < -0.39 is 6.10 Å². The molecule has 0 radical (unpaired) electrons. The van der Waals surface area contributed by atoms with Gasteiger partial charge in [-0.15, -0.1) is 0 Å². The standard InChI is InChI=1S/C18H25N5O4/c1-21-7-4-19-17(21)16(24)13-2-5-23(6-3-13)18(25)14-12-15(20-27-14)22-8-10-26-11-9-22/h4,7,12-13,16,24H,2-3,5-6,8-11H2,1H3. The van der Waals surface area contributed by atoms with Gasteiger partial charge in [0.15, 0.2) is 5.82 Å². The molecule has 1 atom stereocenters. The topological polar surface area (TPSA) is 96.9 Å². The van der Waals surface area contributed by atoms with E-state index in [9.17, 15) is 9.90 Å². The maximum Gasteiger partial charge on any atom is 0.292 e. The minimum absolute atomic E-state index is 0.0915. The van der Waals surface area contributed by atoms with Crippen LogP contribution in [0.1, 0.15) is 35.3 Å². The molecule has 0 saturated carbocycles. The number of hydrogen-bond donors (Lipinski definition) is 1. The lowest BCUT2D eigenvalue weighted by atomic mass is 9.90. The highest BCUT2D eigenvalue weighted by Crippen LogP contribution is 2.30. The molecule has 9 heteroatoms. The molecule has 2 aliphatic heterocycles. The molecule has 1 N–H and O–H groups in total. The average molecular weight is 375 g/mol. The van der Waals surface area contributed by atoms with Gasteiger partial charge in [-0.3, -0.25) is 4.79 Å². The number of aromatic nitrogens is 3. The summed E-state index contributed by atoms with van der Waals surface area (Å²) in [6.07, 6.45) is 4.36. The number of rotatable bonds is 4. The van der Waals surface area contributed by atoms with Gasteiger partial charge in [-0.2, -0.15) is 0 Å². The molecule has 1 amide bonds. The van der Waals surface area contributed by atoms with Crippen molar-refractivity contribution in [3.63, 3.8) is 0 Å². The van der Waals surface area contributed by atoms with Crippen molar-refractivity contribution in [3.05, 3.63) is 30.0 Å². The van der Waals surface area contributed by atoms with Crippen molar-refractivity contribution in [3.8, 4) is 0 Å². The summed E-state index contributed by atoms with van der Waals surface area (Å²) in [5.74, 6) is 1.56. The second-order valence-electron chi connectivity index (χ2n) is 7.12. The number of morpholine rings is 1. The fourth-order valence-corrected chi connectivity index (χ4v) is 3.76. The number of anilines is 1. The highest BCUT2D eigenvalue weighted by molar-refractivity contribution is 5.92. The zero-order chi connectivity index (χ0) is 18.8. The molecule has 2 aromatic heterocycles. The number of piperidine rings is 1. The van der Waals surface area contributed by atoms with Crippen LogP contribution in [0.5, 0.6) is 0 Å². The van der Waals surface area contributed by atoms with Crippen LogP contribution in [0.2, 0.25) is 0 Å². The normalized spacial score (nSPS) is 20.1. The number of imidazole rings is 1. The van der Waals surface area contributed by atoms with Gasteiger partial charge in [-0.1, -0.05) is 5.16 Å². The SMILES string of the molecule is Cn1ccnc1C(O)C1CCN(C(=O)c2cc(N3CCOCC3)no2)CC1. The van der Waals surface area contributed by atoms with Crippen LogP contribution in [-0.4, -0.2) is 70.0 Å². The molecule has 2 saturated heterocycles. The molecule has 0 aliphatic carbocycles. The first-order chi connectivity index (χ1) is 13.1. The Morgan fingerprint density at radius 3 is 2.67 bits per heavy atom. The third kappa shape index (κ3) is 3.70. The van der Waals surface area contributed by atoms with Crippen LogP contribution < -0.4 is 4.90 Å². The number of aryl methyl sites for hydroxylation is 1. The number of likely N-dealkylation sites (tertiary alicyclic amines) is 1. The second kappa shape index (κ2) is 7.69. The van der Waals surface area contributed by atoms with Crippen LogP contribution in [0.4, 0.5) is 5.82 Å². The van der Waals surface area contributed by atoms with Gasteiger partial charge in [0.25, 0.3) is 5.91 Å². The van der Waals surface area contributed by atoms with Crippen LogP contribution in [0.3, 0.4) is 0 Å². The molecular weight excluding hydrogens is 350 g/mol. The molecule has 0 aromatic carbocycles. The van der Waals surface area contributed by atoms with E-state index in [4.69, 9.17) is 9.26 Å². The van der Waals surface area contributed by atoms with Crippen molar-refractivity contribution < 1.29 is 19.2 Å². The van der Waals surface area contributed by atoms with Crippen molar-refractivity contribution in [2.45, 2.75) is 18.9 Å². The second-order valence-corrected chi connectivity index (χ2v) is 7.12. The van der Waals surface area contributed by atoms with Crippen LogP contribution in [0, 0.1) is 5.92 Å². The Hall–Kier alpha value is -2.39. The first kappa shape index (κ1) is 18.0. The van der Waals surface area contributed by atoms with E-state index in [0.29, 0.717) is 37.9 Å². The highest BCUT2D eigenvalue weighted by atomic mass is 16.5. The molecule has 0 bridgehead atoms. The quantitative estimate of drug-likeness (QED) is 0.845. The average Bonchev–Trinajstić information content (AvgIpc) is 3.37. The van der Waals surface area contributed by atoms with E-state index in [1.54, 1.807) is 17.2 Å². The lowest BCUT2D eigenvalue weighted by Crippen LogP contribution is -2.40. The fourth-order valence-electron chi connectivity index (χ4n) is 3.76. The van der Waals surface area contributed by atoms with E-state index in [-0.39, 0.29) is 17.6 Å². The van der Waals surface area contributed by atoms with Gasteiger partial charge in [0.1, 0.15) is 11.9 Å². The van der Waals surface area contributed by atoms with Crippen LogP contribution >= 0.6 is 0 Å². The maximum atomic E-state index is 12.7. The van der Waals surface area contributed by atoms with Gasteiger partial charge in [-0.25, -0.2) is 4.98 Å². The molecule has 4 rings (SSSR count). The third-order valence-electron chi connectivity index (χ3n) is 5.44. The Balaban J connectivity index is 1.35. The summed E-state index contributed by atoms with van der Waals surface area (Å²) in [6, 6.07) is 1.71. The van der Waals surface area contributed by atoms with Crippen molar-refractivity contribution in [2.75, 3.05) is 44.3 Å². The van der Waals surface area contributed by atoms with Crippen LogP contribution in [-0.2, 0) is 11.8 Å². The van der Waals surface area contributed by atoms with Crippen molar-refractivity contribution in [2.24, 2.45) is 13.0 Å². The van der Waals surface area contributed by atoms with E-state index in [0.717, 1.165) is 25.9 Å². The summed E-state index contributed by atoms with van der Waals surface area (Å²) in [4.78, 5) is 20.8. The van der Waals surface area contributed by atoms with Crippen molar-refractivity contribution in [1.82, 2.24) is 19.6 Å². The van der Waals surface area contributed by atoms with Gasteiger partial charge < -0.3 is 28.7 Å². The highest BCUT2D eigenvalue weighted by Gasteiger charge is 2.31. The number of aliphatic hydroxyl groups excluding tert-OH is 1. The molecule has 27 heavy (non-hydrogen) atoms. The molecule has 2 aromatic rings. The number of amides is 1. The minimum atomic E-state index is -0.611. The summed E-state index contributed by atoms with van der Waals surface area (Å²) in [6.45, 7) is 3.97. The van der Waals surface area contributed by atoms with E-state index in [2.05, 4.69) is 15.0 Å². The summed E-state index contributed by atoms with van der Waals surface area (Å²) in [7, 11) is 1.88. The van der Waals surface area contributed by atoms with Crippen molar-refractivity contribution in [1.29, 1.82) is 0 Å². The minimum Gasteiger partial charge on any atom is -0.385 e. The molecule has 146 valence electrons. The Morgan fingerprint density at radius 1 is 1.26 bits per heavy atom. The Labute approximate surface area is 157 Å². The smallest absolute Gasteiger partial charge is 0.292 e. The van der Waals surface area contributed by atoms with Crippen molar-refractivity contribution >= 4 is 11.7 Å². The fraction of sp³-hybridized carbons (Fsp3) is 0.611. The lowest BCUT2D eigenvalue weighted by Gasteiger charge is -2.33. The lowest BCUT2D eigenvalue weighted by molar-refractivity contribution is 0.0398. The van der Waals surface area contributed by atoms with Gasteiger partial charge in [-0.05, 0) is 18.8 Å². The monoisotopic (exact) mass is 375 g/mol. The number of nitrogens with zero attached hydrogens (tertiary/aromatic N) is 5. The summed E-state index contributed by atoms with van der Waals surface area (Å²) < 4.78 is 12.5. The molecule has 4 heterocycles. The van der Waals surface area contributed by atoms with E-state index in [1.165, 1.54) is 0 Å². The van der Waals surface area contributed by atoms with Crippen LogP contribution in [0.25, 0.3) is 0 Å². The van der Waals surface area contributed by atoms with E-state index >= 15 is 0 Å². The number of aliphatic hydroxyl groups is 1. The van der Waals surface area contributed by atoms with Gasteiger partial charge in [0, 0.05) is 51.7 Å². The Bertz CT molecular complexity index is 774. The van der Waals surface area contributed by atoms with Gasteiger partial charge in [0.05, 0.1) is 13.2 Å². The zero-order valence-electron chi connectivity index (χ0n) is 15.5. The maximum absolute atomic E-state index is 12.7. The summed E-state index contributed by atoms with van der Waals surface area (Å²) in [5.41, 5.74) is 0. The first-order valence-electron chi connectivity index (χ1n) is 9.37. The largest absolute Gasteiger partial charge is 0.385 e. The summed E-state index contributed by atoms with van der Waals surface area (Å²) >= 11 is 0. The molecule has 9 nitrogen and oxygen atoms in total. The first-order valence-corrected chi connectivity index (χ1v) is 9.37. The third-order valence-corrected chi connectivity index (χ3v) is 5.44. The number of hydrogen-bond acceptors (Lipinski definition) is 7.